The van der Waals surface area contributed by atoms with E-state index in [0.717, 1.165) is 55.9 Å². The van der Waals surface area contributed by atoms with Crippen LogP contribution in [0.3, 0.4) is 0 Å². The maximum Gasteiger partial charge on any atom is 0.164 e. The van der Waals surface area contributed by atoms with Crippen molar-refractivity contribution in [3.63, 3.8) is 0 Å². The molecule has 0 bridgehead atoms. The van der Waals surface area contributed by atoms with E-state index in [0.29, 0.717) is 17.5 Å². The van der Waals surface area contributed by atoms with Crippen LogP contribution in [0.1, 0.15) is 0 Å². The summed E-state index contributed by atoms with van der Waals surface area (Å²) in [5.41, 5.74) is 8.96. The quantitative estimate of drug-likeness (QED) is 0.197. The molecule has 45 heavy (non-hydrogen) atoms. The fraction of sp³-hybridized carbons (Fsp3) is 0. The van der Waals surface area contributed by atoms with Crippen molar-refractivity contribution in [2.45, 2.75) is 0 Å². The summed E-state index contributed by atoms with van der Waals surface area (Å²) < 4.78 is 2.19. The number of rotatable bonds is 6. The van der Waals surface area contributed by atoms with Gasteiger partial charge in [-0.1, -0.05) is 103 Å². The van der Waals surface area contributed by atoms with Crippen molar-refractivity contribution in [2.75, 3.05) is 0 Å². The number of nitrogens with zero attached hydrogens (tertiary/aromatic N) is 6. The van der Waals surface area contributed by atoms with Crippen LogP contribution in [0.5, 0.6) is 0 Å². The predicted molar refractivity (Wildman–Crippen MR) is 179 cm³/mol. The van der Waals surface area contributed by atoms with Crippen LogP contribution in [0.25, 0.3) is 73.4 Å². The average molecular weight is 579 g/mol. The second kappa shape index (κ2) is 11.4. The van der Waals surface area contributed by atoms with Gasteiger partial charge in [-0.25, -0.2) is 19.9 Å². The molecule has 0 aliphatic rings. The van der Waals surface area contributed by atoms with Crippen LogP contribution >= 0.6 is 0 Å². The first kappa shape index (κ1) is 26.4. The molecule has 8 rings (SSSR count). The Balaban J connectivity index is 1.19. The molecule has 0 amide bonds. The van der Waals surface area contributed by atoms with Gasteiger partial charge in [0.05, 0.1) is 11.0 Å². The molecule has 0 saturated heterocycles. The van der Waals surface area contributed by atoms with E-state index in [-0.39, 0.29) is 0 Å². The van der Waals surface area contributed by atoms with E-state index < -0.39 is 0 Å². The number of aromatic nitrogens is 6. The average Bonchev–Trinajstić information content (AvgIpc) is 3.52. The maximum atomic E-state index is 4.95. The van der Waals surface area contributed by atoms with Crippen molar-refractivity contribution in [3.05, 3.63) is 158 Å². The number of benzene rings is 5. The molecule has 0 aliphatic heterocycles. The minimum atomic E-state index is 0.632. The summed E-state index contributed by atoms with van der Waals surface area (Å²) in [6, 6.07) is 49.2. The molecule has 6 heteroatoms. The normalized spacial score (nSPS) is 11.1. The van der Waals surface area contributed by atoms with Gasteiger partial charge in [0.25, 0.3) is 0 Å². The molecule has 0 spiro atoms. The van der Waals surface area contributed by atoms with Crippen molar-refractivity contribution in [1.29, 1.82) is 0 Å². The van der Waals surface area contributed by atoms with Gasteiger partial charge in [-0.3, -0.25) is 9.55 Å². The number of hydrogen-bond donors (Lipinski definition) is 0. The van der Waals surface area contributed by atoms with Gasteiger partial charge in [-0.05, 0) is 53.6 Å². The van der Waals surface area contributed by atoms with Crippen molar-refractivity contribution in [3.8, 4) is 62.4 Å². The van der Waals surface area contributed by atoms with Gasteiger partial charge in [-0.15, -0.1) is 0 Å². The van der Waals surface area contributed by atoms with Crippen LogP contribution in [0.15, 0.2) is 158 Å². The van der Waals surface area contributed by atoms with Crippen LogP contribution in [0.4, 0.5) is 0 Å². The number of hydrogen-bond acceptors (Lipinski definition) is 5. The zero-order chi connectivity index (χ0) is 30.0. The zero-order valence-electron chi connectivity index (χ0n) is 24.2. The Hall–Kier alpha value is -6.27. The smallest absolute Gasteiger partial charge is 0.164 e. The van der Waals surface area contributed by atoms with Crippen LogP contribution < -0.4 is 0 Å². The second-order valence-corrected chi connectivity index (χ2v) is 10.7. The van der Waals surface area contributed by atoms with Crippen molar-refractivity contribution >= 4 is 11.0 Å². The summed E-state index contributed by atoms with van der Waals surface area (Å²) >= 11 is 0. The van der Waals surface area contributed by atoms with Gasteiger partial charge in [0.2, 0.25) is 0 Å². The van der Waals surface area contributed by atoms with E-state index in [1.165, 1.54) is 0 Å². The minimum Gasteiger partial charge on any atom is -0.292 e. The van der Waals surface area contributed by atoms with Crippen LogP contribution in [0.2, 0.25) is 0 Å². The Morgan fingerprint density at radius 1 is 0.400 bits per heavy atom. The Bertz CT molecular complexity index is 2190. The second-order valence-electron chi connectivity index (χ2n) is 10.7. The topological polar surface area (TPSA) is 69.4 Å². The Labute approximate surface area is 260 Å². The molecular weight excluding hydrogens is 552 g/mol. The maximum absolute atomic E-state index is 4.95. The first-order valence-corrected chi connectivity index (χ1v) is 14.8. The van der Waals surface area contributed by atoms with E-state index in [1.807, 2.05) is 97.2 Å². The third kappa shape index (κ3) is 5.15. The molecule has 5 aromatic carbocycles. The highest BCUT2D eigenvalue weighted by Crippen LogP contribution is 2.31. The van der Waals surface area contributed by atoms with E-state index in [2.05, 4.69) is 64.1 Å². The van der Waals surface area contributed by atoms with Gasteiger partial charge in [-0.2, -0.15) is 0 Å². The first-order valence-electron chi connectivity index (χ1n) is 14.8. The molecule has 8 aromatic rings. The third-order valence-corrected chi connectivity index (χ3v) is 7.76. The fourth-order valence-electron chi connectivity index (χ4n) is 5.55. The minimum absolute atomic E-state index is 0.632. The molecule has 212 valence electrons. The van der Waals surface area contributed by atoms with Gasteiger partial charge in [0, 0.05) is 40.3 Å². The number of imidazole rings is 1. The van der Waals surface area contributed by atoms with E-state index in [4.69, 9.17) is 19.9 Å². The highest BCUT2D eigenvalue weighted by molar-refractivity contribution is 5.83. The Kier molecular flexibility index (Phi) is 6.70. The molecule has 0 saturated carbocycles. The van der Waals surface area contributed by atoms with E-state index in [9.17, 15) is 0 Å². The lowest BCUT2D eigenvalue weighted by molar-refractivity contribution is 1.07. The van der Waals surface area contributed by atoms with E-state index in [1.54, 1.807) is 6.20 Å². The number of pyridine rings is 1. The van der Waals surface area contributed by atoms with Gasteiger partial charge < -0.3 is 0 Å². The molecule has 3 aromatic heterocycles. The van der Waals surface area contributed by atoms with Crippen molar-refractivity contribution in [1.82, 2.24) is 29.5 Å². The summed E-state index contributed by atoms with van der Waals surface area (Å²) in [5, 5.41) is 0. The summed E-state index contributed by atoms with van der Waals surface area (Å²) in [5.74, 6) is 2.78. The lowest BCUT2D eigenvalue weighted by atomic mass is 10.0. The largest absolute Gasteiger partial charge is 0.292 e. The molecular formula is C39H26N6. The SMILES string of the molecule is c1ccc(-c2nc(-c3ccccc3)nc(-c3cccc(-c4ccc(-n5c(-c6cccnc6)nc6ccccc65)cc4)c3)n2)cc1. The lowest BCUT2D eigenvalue weighted by Crippen LogP contribution is -2.00. The van der Waals surface area contributed by atoms with Crippen LogP contribution in [-0.4, -0.2) is 29.5 Å². The zero-order valence-corrected chi connectivity index (χ0v) is 24.2. The molecule has 3 heterocycles. The van der Waals surface area contributed by atoms with Gasteiger partial charge in [0.15, 0.2) is 17.5 Å². The molecule has 0 unspecified atom stereocenters. The highest BCUT2D eigenvalue weighted by Gasteiger charge is 2.15. The molecule has 0 aliphatic carbocycles. The van der Waals surface area contributed by atoms with Gasteiger partial charge >= 0.3 is 0 Å². The molecule has 6 nitrogen and oxygen atoms in total. The summed E-state index contributed by atoms with van der Waals surface area (Å²) in [6.07, 6.45) is 3.63. The lowest BCUT2D eigenvalue weighted by Gasteiger charge is -2.12. The monoisotopic (exact) mass is 578 g/mol. The Morgan fingerprint density at radius 2 is 0.978 bits per heavy atom. The van der Waals surface area contributed by atoms with Crippen molar-refractivity contribution < 1.29 is 0 Å². The number of fused-ring (bicyclic) bond motifs is 1. The first-order chi connectivity index (χ1) is 22.3. The molecule has 0 fully saturated rings. The summed E-state index contributed by atoms with van der Waals surface area (Å²) in [6.45, 7) is 0. The highest BCUT2D eigenvalue weighted by atomic mass is 15.1. The van der Waals surface area contributed by atoms with Crippen LogP contribution in [-0.2, 0) is 0 Å². The Morgan fingerprint density at radius 3 is 1.64 bits per heavy atom. The van der Waals surface area contributed by atoms with E-state index >= 15 is 0 Å². The summed E-state index contributed by atoms with van der Waals surface area (Å²) in [7, 11) is 0. The number of para-hydroxylation sites is 2. The predicted octanol–water partition coefficient (Wildman–Crippen LogP) is 8.94. The van der Waals surface area contributed by atoms with Gasteiger partial charge in [0.1, 0.15) is 5.82 Å². The molecule has 0 atom stereocenters. The molecule has 0 N–H and O–H groups in total. The standard InChI is InChI=1S/C39H26N6/c1-3-11-28(12-4-1)36-42-37(29-13-5-2-6-14-29)44-38(43-36)31-16-9-15-30(25-31)27-20-22-33(23-21-27)45-35-19-8-7-18-34(35)41-39(45)32-17-10-24-40-26-32/h1-26H. The third-order valence-electron chi connectivity index (χ3n) is 7.76. The fourth-order valence-corrected chi connectivity index (χ4v) is 5.55. The molecule has 0 radical (unpaired) electrons. The summed E-state index contributed by atoms with van der Waals surface area (Å²) in [4.78, 5) is 23.9. The van der Waals surface area contributed by atoms with Crippen LogP contribution in [0, 0.1) is 0 Å². The van der Waals surface area contributed by atoms with Crippen molar-refractivity contribution in [2.24, 2.45) is 0 Å².